The summed E-state index contributed by atoms with van der Waals surface area (Å²) in [7, 11) is 1.31. The zero-order valence-corrected chi connectivity index (χ0v) is 48.2. The molecule has 6 rings (SSSR count). The second-order valence-corrected chi connectivity index (χ2v) is 20.8. The van der Waals surface area contributed by atoms with Crippen molar-refractivity contribution in [2.75, 3.05) is 40.0 Å². The molecule has 16 nitrogen and oxygen atoms in total. The van der Waals surface area contributed by atoms with Crippen LogP contribution in [0, 0.1) is 38.2 Å². The Balaban J connectivity index is 0.000000259. The van der Waals surface area contributed by atoms with Crippen LogP contribution in [-0.4, -0.2) is 92.2 Å². The lowest BCUT2D eigenvalue weighted by Gasteiger charge is -2.33. The lowest BCUT2D eigenvalue weighted by atomic mass is 9.72. The van der Waals surface area contributed by atoms with E-state index < -0.39 is 45.8 Å². The maximum Gasteiger partial charge on any atom is 0.350 e. The summed E-state index contributed by atoms with van der Waals surface area (Å²) in [6.45, 7) is 28.1. The van der Waals surface area contributed by atoms with E-state index in [1.165, 1.54) is 49.6 Å². The highest BCUT2D eigenvalue weighted by atomic mass is 32.2. The highest BCUT2D eigenvalue weighted by Gasteiger charge is 2.42. The molecule has 0 bridgehead atoms. The minimum atomic E-state index is -1.95. The number of aryl methyl sites for hydroxylation is 3. The van der Waals surface area contributed by atoms with E-state index in [1.807, 2.05) is 104 Å². The molecule has 1 N–H and O–H groups in total. The lowest BCUT2D eigenvalue weighted by Crippen LogP contribution is -2.38. The van der Waals surface area contributed by atoms with Crippen molar-refractivity contribution in [2.45, 2.75) is 121 Å². The number of methoxy groups -OCH3 is 1. The van der Waals surface area contributed by atoms with E-state index in [4.69, 9.17) is 29.7 Å². The Kier molecular flexibility index (Phi) is 25.0. The van der Waals surface area contributed by atoms with Crippen LogP contribution in [0.1, 0.15) is 122 Å². The number of phenols is 1. The second-order valence-electron chi connectivity index (χ2n) is 19.7. The van der Waals surface area contributed by atoms with Gasteiger partial charge in [-0.2, -0.15) is 0 Å². The molecule has 0 spiro atoms. The lowest BCUT2D eigenvalue weighted by molar-refractivity contribution is -0.164. The summed E-state index contributed by atoms with van der Waals surface area (Å²) in [4.78, 5) is 56.5. The third-order valence-corrected chi connectivity index (χ3v) is 14.0. The fourth-order valence-electron chi connectivity index (χ4n) is 8.33. The molecule has 6 aromatic rings. The largest absolute Gasteiger partial charge is 0.505 e. The van der Waals surface area contributed by atoms with Gasteiger partial charge in [0.15, 0.2) is 4.91 Å². The van der Waals surface area contributed by atoms with E-state index in [0.717, 1.165) is 54.7 Å². The van der Waals surface area contributed by atoms with Crippen molar-refractivity contribution in [1.29, 1.82) is 0 Å². The predicted molar refractivity (Wildman–Crippen MR) is 306 cm³/mol. The number of hydrogen-bond acceptors (Lipinski definition) is 12. The fourth-order valence-corrected chi connectivity index (χ4v) is 9.09. The molecular weight excluding hydrogens is 1010 g/mol. The number of para-hydroxylation sites is 3. The molecule has 17 heteroatoms. The fraction of sp³-hybridized carbons (Fsp3) is 0.426. The number of fused-ring (bicyclic) bond motifs is 4. The van der Waals surface area contributed by atoms with E-state index in [0.29, 0.717) is 30.1 Å². The molecule has 2 unspecified atom stereocenters. The summed E-state index contributed by atoms with van der Waals surface area (Å²) in [5.41, 5.74) is 5.13. The van der Waals surface area contributed by atoms with Crippen molar-refractivity contribution >= 4 is 52.1 Å². The number of allylic oxidation sites excluding steroid dienone is 2. The topological polar surface area (TPSA) is 173 Å². The Morgan fingerprint density at radius 3 is 1.91 bits per heavy atom. The Morgan fingerprint density at radius 1 is 0.731 bits per heavy atom. The number of phenolic OH excluding ortho intramolecular Hbond substituents is 1. The van der Waals surface area contributed by atoms with E-state index in [1.54, 1.807) is 63.2 Å². The van der Waals surface area contributed by atoms with Gasteiger partial charge < -0.3 is 33.1 Å². The van der Waals surface area contributed by atoms with Gasteiger partial charge in [0.1, 0.15) is 41.4 Å². The van der Waals surface area contributed by atoms with Crippen molar-refractivity contribution < 1.29 is 51.6 Å². The van der Waals surface area contributed by atoms with Crippen LogP contribution in [0.3, 0.4) is 0 Å². The van der Waals surface area contributed by atoms with Crippen LogP contribution in [0.15, 0.2) is 120 Å². The molecule has 2 aromatic heterocycles. The molecule has 0 fully saturated rings. The second kappa shape index (κ2) is 31.0. The Hall–Kier alpha value is -7.58. The highest BCUT2D eigenvalue weighted by molar-refractivity contribution is 7.85. The third kappa shape index (κ3) is 18.3. The molecule has 0 aliphatic carbocycles. The number of carbonyl (C=O) groups excluding carboxylic acids is 4. The maximum atomic E-state index is 12.6. The molecule has 2 heterocycles. The average Bonchev–Trinajstić information content (AvgIpc) is 4.18. The molecular formula is C61H79N5O11S. The van der Waals surface area contributed by atoms with Crippen LogP contribution in [0.4, 0.5) is 0 Å². The molecule has 0 saturated carbocycles. The van der Waals surface area contributed by atoms with Gasteiger partial charge in [0.2, 0.25) is 11.1 Å². The van der Waals surface area contributed by atoms with Gasteiger partial charge in [-0.25, -0.2) is 13.8 Å². The molecule has 420 valence electrons. The van der Waals surface area contributed by atoms with Gasteiger partial charge in [-0.05, 0) is 146 Å². The highest BCUT2D eigenvalue weighted by Crippen LogP contribution is 2.38. The summed E-state index contributed by atoms with van der Waals surface area (Å²) in [6, 6.07) is 28.4. The zero-order valence-electron chi connectivity index (χ0n) is 47.3. The van der Waals surface area contributed by atoms with Crippen LogP contribution >= 0.6 is 0 Å². The van der Waals surface area contributed by atoms with Crippen molar-refractivity contribution in [3.05, 3.63) is 154 Å². The molecule has 2 atom stereocenters. The quantitative estimate of drug-likeness (QED) is 0.0136. The molecule has 0 saturated heterocycles. The van der Waals surface area contributed by atoms with Gasteiger partial charge in [-0.3, -0.25) is 14.4 Å². The number of rotatable bonds is 26. The summed E-state index contributed by atoms with van der Waals surface area (Å²) in [5.74, 6) is -1.48. The third-order valence-electron chi connectivity index (χ3n) is 12.9. The summed E-state index contributed by atoms with van der Waals surface area (Å²) in [5, 5.41) is 10.2. The van der Waals surface area contributed by atoms with Gasteiger partial charge in [-0.15, -0.1) is 14.1 Å². The first kappa shape index (κ1) is 63.0. The Labute approximate surface area is 463 Å². The van der Waals surface area contributed by atoms with Gasteiger partial charge >= 0.3 is 23.9 Å². The monoisotopic (exact) mass is 1090 g/mol. The normalized spacial score (nSPS) is 12.9. The van der Waals surface area contributed by atoms with E-state index >= 15 is 0 Å². The predicted octanol–water partition coefficient (Wildman–Crippen LogP) is 12.5. The summed E-state index contributed by atoms with van der Waals surface area (Å²) in [6.07, 6.45) is 13.9. The summed E-state index contributed by atoms with van der Waals surface area (Å²) < 4.78 is 42.7. The van der Waals surface area contributed by atoms with E-state index in [9.17, 15) is 28.5 Å². The number of carbonyl (C=O) groups is 4. The molecule has 0 aliphatic rings. The number of aromatic hydroxyl groups is 1. The molecule has 4 aromatic carbocycles. The van der Waals surface area contributed by atoms with Crippen molar-refractivity contribution in [3.8, 4) is 17.2 Å². The van der Waals surface area contributed by atoms with Crippen LogP contribution in [0.2, 0.25) is 0 Å². The first-order valence-electron chi connectivity index (χ1n) is 26.6. The number of benzene rings is 4. The van der Waals surface area contributed by atoms with Gasteiger partial charge in [-0.1, -0.05) is 112 Å². The van der Waals surface area contributed by atoms with Crippen molar-refractivity contribution in [2.24, 2.45) is 10.8 Å². The van der Waals surface area contributed by atoms with Crippen LogP contribution < -0.4 is 4.18 Å². The van der Waals surface area contributed by atoms with E-state index in [-0.39, 0.29) is 30.2 Å². The summed E-state index contributed by atoms with van der Waals surface area (Å²) >= 11 is -1.95. The minimum absolute atomic E-state index is 0.00300. The number of ether oxygens (including phenoxy) is 4. The van der Waals surface area contributed by atoms with Crippen LogP contribution in [0.25, 0.3) is 27.6 Å². The Morgan fingerprint density at radius 2 is 1.32 bits per heavy atom. The number of hydrogen-bond donors (Lipinski definition) is 1. The average molecular weight is 1090 g/mol. The van der Waals surface area contributed by atoms with Crippen LogP contribution in [0.5, 0.6) is 11.5 Å². The maximum absolute atomic E-state index is 12.6. The van der Waals surface area contributed by atoms with Crippen molar-refractivity contribution in [1.82, 2.24) is 19.0 Å². The number of esters is 4. The van der Waals surface area contributed by atoms with Gasteiger partial charge in [0.05, 0.1) is 31.1 Å². The number of aromatic nitrogens is 3. The van der Waals surface area contributed by atoms with Gasteiger partial charge in [0.25, 0.3) is 5.70 Å². The SMILES string of the molecule is CCCCCCCCOC(=O)/C(=C\C=C\N(CC)CC)S(=O)Oc1ccccc1.Cc1cc(C)c(O)c(-n2n3c4ccccc4n23)c1.[C-]#[N+]/C(=C\c1ccc(C)cc1)C(=O)OCCOC(=O)C(C)(CC)CC(C)(C)C(=O)OC. The molecule has 78 heavy (non-hydrogen) atoms. The smallest absolute Gasteiger partial charge is 0.350 e. The van der Waals surface area contributed by atoms with Crippen molar-refractivity contribution in [3.63, 3.8) is 0 Å². The van der Waals surface area contributed by atoms with E-state index in [2.05, 4.69) is 28.8 Å². The number of nitrogens with zero attached hydrogens (tertiary/aromatic N) is 5. The minimum Gasteiger partial charge on any atom is -0.505 e. The Bertz CT molecular complexity index is 2980. The number of unbranched alkanes of at least 4 members (excludes halogenated alkanes) is 5. The molecule has 0 radical (unpaired) electrons. The zero-order chi connectivity index (χ0) is 57.4. The first-order valence-corrected chi connectivity index (χ1v) is 27.7. The van der Waals surface area contributed by atoms with Gasteiger partial charge in [0, 0.05) is 13.1 Å². The molecule has 0 amide bonds. The standard InChI is InChI=1S/C24H31NO6.C23H35NO4S.C14H13N3O/c1-8-24(5,16-23(3,4)21(27)29-7)22(28)31-14-13-30-20(26)19(25-6)15-18-11-9-17(2)10-12-18;1-4-7-8-9-10-14-20-27-23(25)22(18-15-19-24(5-2)6-3)29(26)28-21-16-12-11-13-17-21;1-9-7-10(2)14(18)13(8-9)17-15-11-5-3-4-6-12(11)16(15)17/h9-12,15H,8,13-14,16H2,1-5,7H3;11-13,15-19H,4-10,14,20H2,1-3H3;3-8,18H,1-2H3/b19-15-;19-15+,22-18+;. The molecule has 0 aliphatic heterocycles. The first-order chi connectivity index (χ1) is 37.3. The van der Waals surface area contributed by atoms with Crippen LogP contribution in [-0.2, 0) is 49.2 Å².